The number of hydrogen-bond donors (Lipinski definition) is 0. The van der Waals surface area contributed by atoms with Gasteiger partial charge >= 0.3 is 0 Å². The number of allylic oxidation sites excluding steroid dienone is 1. The molecule has 0 nitrogen and oxygen atoms in total. The second-order valence-corrected chi connectivity index (χ2v) is 7.08. The van der Waals surface area contributed by atoms with Gasteiger partial charge in [-0.15, -0.1) is 0 Å². The lowest BCUT2D eigenvalue weighted by molar-refractivity contribution is 0.975. The third-order valence-electron chi connectivity index (χ3n) is 1.85. The quantitative estimate of drug-likeness (QED) is 0.628. The first kappa shape index (κ1) is 11.5. The van der Waals surface area contributed by atoms with Gasteiger partial charge in [0.05, 0.1) is 1.59 Å². The predicted octanol–water partition coefficient (Wildman–Crippen LogP) is 5.03. The second-order valence-electron chi connectivity index (χ2n) is 2.85. The molecule has 0 saturated carbocycles. The Morgan fingerprint density at radius 2 is 1.77 bits per heavy atom. The van der Waals surface area contributed by atoms with Crippen LogP contribution in [0.4, 0.5) is 0 Å². The maximum Gasteiger partial charge on any atom is 0.0552 e. The maximum absolute atomic E-state index is 2.40. The van der Waals surface area contributed by atoms with Gasteiger partial charge in [0.25, 0.3) is 0 Å². The monoisotopic (exact) mass is 398 g/mol. The van der Waals surface area contributed by atoms with E-state index < -0.39 is 0 Å². The molecule has 0 unspecified atom stereocenters. The van der Waals surface area contributed by atoms with Crippen molar-refractivity contribution in [3.8, 4) is 0 Å². The fourth-order valence-electron chi connectivity index (χ4n) is 1.24. The molecular formula is C11H12I2. The Morgan fingerprint density at radius 3 is 2.23 bits per heavy atom. The predicted molar refractivity (Wildman–Crippen MR) is 76.3 cm³/mol. The molecule has 0 N–H and O–H groups in total. The molecule has 0 aliphatic carbocycles. The first-order valence-electron chi connectivity index (χ1n) is 4.35. The van der Waals surface area contributed by atoms with E-state index in [1.165, 1.54) is 25.6 Å². The van der Waals surface area contributed by atoms with Crippen LogP contribution in [0.3, 0.4) is 0 Å². The first-order chi connectivity index (χ1) is 6.25. The Labute approximate surface area is 107 Å². The number of halogens is 2. The van der Waals surface area contributed by atoms with Gasteiger partial charge in [0.1, 0.15) is 0 Å². The summed E-state index contributed by atoms with van der Waals surface area (Å²) in [6, 6.07) is 10.6. The van der Waals surface area contributed by atoms with Crippen LogP contribution in [0.5, 0.6) is 0 Å². The molecule has 0 saturated heterocycles. The van der Waals surface area contributed by atoms with Crippen LogP contribution < -0.4 is 0 Å². The van der Waals surface area contributed by atoms with Gasteiger partial charge in [0, 0.05) is 0 Å². The number of rotatable bonds is 3. The third kappa shape index (κ3) is 3.58. The van der Waals surface area contributed by atoms with Crippen molar-refractivity contribution in [2.75, 3.05) is 0 Å². The fourth-order valence-corrected chi connectivity index (χ4v) is 2.40. The highest BCUT2D eigenvalue weighted by molar-refractivity contribution is 14.2. The van der Waals surface area contributed by atoms with Crippen molar-refractivity contribution >= 4 is 50.8 Å². The molecule has 0 bridgehead atoms. The minimum absolute atomic E-state index is 1.17. The zero-order chi connectivity index (χ0) is 9.68. The molecule has 70 valence electrons. The van der Waals surface area contributed by atoms with Crippen molar-refractivity contribution in [3.63, 3.8) is 0 Å². The van der Waals surface area contributed by atoms with E-state index in [0.29, 0.717) is 0 Å². The molecule has 0 radical (unpaired) electrons. The molecular weight excluding hydrogens is 386 g/mol. The topological polar surface area (TPSA) is 0 Å². The fraction of sp³-hybridized carbons (Fsp3) is 0.273. The van der Waals surface area contributed by atoms with E-state index in [1.54, 1.807) is 0 Å². The summed E-state index contributed by atoms with van der Waals surface area (Å²) in [6.07, 6.45) is 2.38. The molecule has 1 rings (SSSR count). The van der Waals surface area contributed by atoms with E-state index >= 15 is 0 Å². The molecule has 1 aromatic carbocycles. The van der Waals surface area contributed by atoms with Gasteiger partial charge in [0.15, 0.2) is 0 Å². The van der Waals surface area contributed by atoms with Gasteiger partial charge < -0.3 is 0 Å². The van der Waals surface area contributed by atoms with Crippen molar-refractivity contribution < 1.29 is 0 Å². The van der Waals surface area contributed by atoms with Crippen molar-refractivity contribution in [2.45, 2.75) is 19.8 Å². The zero-order valence-electron chi connectivity index (χ0n) is 7.56. The summed E-state index contributed by atoms with van der Waals surface area (Å²) in [5.41, 5.74) is 2.84. The molecule has 0 aliphatic heterocycles. The summed E-state index contributed by atoms with van der Waals surface area (Å²) in [5, 5.41) is 0. The van der Waals surface area contributed by atoms with Crippen LogP contribution in [0.2, 0.25) is 0 Å². The lowest BCUT2D eigenvalue weighted by atomic mass is 10.0. The van der Waals surface area contributed by atoms with E-state index in [1.807, 2.05) is 0 Å². The summed E-state index contributed by atoms with van der Waals surface area (Å²) in [5.74, 6) is 0. The molecule has 0 atom stereocenters. The Kier molecular flexibility index (Phi) is 5.31. The minimum Gasteiger partial charge on any atom is -0.0651 e. The molecule has 2 heteroatoms. The van der Waals surface area contributed by atoms with E-state index in [2.05, 4.69) is 82.4 Å². The lowest BCUT2D eigenvalue weighted by Crippen LogP contribution is -1.83. The summed E-state index contributed by atoms with van der Waals surface area (Å²) in [7, 11) is 0. The molecule has 0 spiro atoms. The summed E-state index contributed by atoms with van der Waals surface area (Å²) in [6.45, 7) is 2.22. The molecule has 0 aromatic heterocycles. The van der Waals surface area contributed by atoms with Crippen LogP contribution in [0.1, 0.15) is 25.3 Å². The summed E-state index contributed by atoms with van der Waals surface area (Å²) < 4.78 is 1.38. The van der Waals surface area contributed by atoms with Crippen molar-refractivity contribution in [1.82, 2.24) is 0 Å². The Bertz CT molecular complexity index is 284. The average Bonchev–Trinajstić information content (AvgIpc) is 2.15. The van der Waals surface area contributed by atoms with Crippen LogP contribution in [0, 0.1) is 0 Å². The van der Waals surface area contributed by atoms with Crippen molar-refractivity contribution in [3.05, 3.63) is 37.5 Å². The van der Waals surface area contributed by atoms with Crippen molar-refractivity contribution in [1.29, 1.82) is 0 Å². The zero-order valence-corrected chi connectivity index (χ0v) is 11.9. The highest BCUT2D eigenvalue weighted by atomic mass is 127. The average molecular weight is 398 g/mol. The van der Waals surface area contributed by atoms with E-state index in [-0.39, 0.29) is 0 Å². The van der Waals surface area contributed by atoms with Gasteiger partial charge in [0.2, 0.25) is 0 Å². The van der Waals surface area contributed by atoms with Crippen molar-refractivity contribution in [2.24, 2.45) is 0 Å². The molecule has 0 fully saturated rings. The van der Waals surface area contributed by atoms with Gasteiger partial charge in [-0.1, -0.05) is 43.7 Å². The van der Waals surface area contributed by atoms with Crippen LogP contribution in [-0.2, 0) is 0 Å². The van der Waals surface area contributed by atoms with E-state index in [0.717, 1.165) is 0 Å². The molecule has 0 amide bonds. The van der Waals surface area contributed by atoms with E-state index in [9.17, 15) is 0 Å². The molecule has 13 heavy (non-hydrogen) atoms. The van der Waals surface area contributed by atoms with Gasteiger partial charge in [-0.25, -0.2) is 0 Å². The van der Waals surface area contributed by atoms with Crippen LogP contribution in [0.25, 0.3) is 5.57 Å². The second kappa shape index (κ2) is 6.01. The normalized spacial score (nSPS) is 9.77. The summed E-state index contributed by atoms with van der Waals surface area (Å²) >= 11 is 4.80. The van der Waals surface area contributed by atoms with Gasteiger partial charge in [-0.2, -0.15) is 0 Å². The van der Waals surface area contributed by atoms with E-state index in [4.69, 9.17) is 0 Å². The SMILES string of the molecule is CCCC(=C(I)I)c1ccccc1. The van der Waals surface area contributed by atoms with Crippen LogP contribution in [0.15, 0.2) is 31.9 Å². The largest absolute Gasteiger partial charge is 0.0651 e. The Hall–Kier alpha value is 0.420. The first-order valence-corrected chi connectivity index (χ1v) is 6.51. The maximum atomic E-state index is 2.40. The van der Waals surface area contributed by atoms with Gasteiger partial charge in [-0.3, -0.25) is 0 Å². The standard InChI is InChI=1S/C11H12I2/c1-2-6-10(11(12)13)9-7-4-3-5-8-9/h3-5,7-8H,2,6H2,1H3. The van der Waals surface area contributed by atoms with Crippen LogP contribution in [-0.4, -0.2) is 0 Å². The molecule has 0 aliphatic rings. The molecule has 1 aromatic rings. The third-order valence-corrected chi connectivity index (χ3v) is 3.15. The Morgan fingerprint density at radius 1 is 1.15 bits per heavy atom. The van der Waals surface area contributed by atoms with Gasteiger partial charge in [-0.05, 0) is 62.7 Å². The number of benzene rings is 1. The smallest absolute Gasteiger partial charge is 0.0552 e. The Balaban J connectivity index is 2.97. The number of hydrogen-bond acceptors (Lipinski definition) is 0. The lowest BCUT2D eigenvalue weighted by Gasteiger charge is -2.06. The highest BCUT2D eigenvalue weighted by Crippen LogP contribution is 2.31. The molecule has 0 heterocycles. The highest BCUT2D eigenvalue weighted by Gasteiger charge is 2.02. The minimum atomic E-state index is 1.17. The summed E-state index contributed by atoms with van der Waals surface area (Å²) in [4.78, 5) is 0. The van der Waals surface area contributed by atoms with Crippen LogP contribution >= 0.6 is 45.2 Å².